The van der Waals surface area contributed by atoms with Crippen molar-refractivity contribution >= 4 is 17.6 Å². The summed E-state index contributed by atoms with van der Waals surface area (Å²) >= 11 is 0. The Bertz CT molecular complexity index is 399. The average molecular weight is 209 g/mol. The Morgan fingerprint density at radius 1 is 1.60 bits per heavy atom. The molecule has 15 heavy (non-hydrogen) atoms. The monoisotopic (exact) mass is 209 g/mol. The summed E-state index contributed by atoms with van der Waals surface area (Å²) in [5.74, 6) is -0.196. The van der Waals surface area contributed by atoms with E-state index in [1.54, 1.807) is 0 Å². The van der Waals surface area contributed by atoms with E-state index < -0.39 is 0 Å². The van der Waals surface area contributed by atoms with Crippen molar-refractivity contribution < 1.29 is 9.59 Å². The van der Waals surface area contributed by atoms with Crippen LogP contribution in [0.1, 0.15) is 10.4 Å². The molecule has 1 aliphatic heterocycles. The molecule has 4 N–H and O–H groups in total. The minimum absolute atomic E-state index is 0.0729. The number of aromatic amines is 1. The molecule has 0 aliphatic carbocycles. The lowest BCUT2D eigenvalue weighted by molar-refractivity contribution is -0.123. The zero-order valence-corrected chi connectivity index (χ0v) is 7.99. The maximum Gasteiger partial charge on any atom is 0.259 e. The van der Waals surface area contributed by atoms with E-state index in [1.807, 2.05) is 0 Å². The van der Waals surface area contributed by atoms with Crippen LogP contribution in [-0.2, 0) is 4.79 Å². The molecule has 0 aromatic carbocycles. The predicted octanol–water partition coefficient (Wildman–Crippen LogP) is -1.44. The predicted molar refractivity (Wildman–Crippen MR) is 51.9 cm³/mol. The Morgan fingerprint density at radius 2 is 2.40 bits per heavy atom. The summed E-state index contributed by atoms with van der Waals surface area (Å²) in [6, 6.07) is 0. The van der Waals surface area contributed by atoms with Crippen LogP contribution in [0.25, 0.3) is 0 Å². The van der Waals surface area contributed by atoms with Gasteiger partial charge in [-0.15, -0.1) is 0 Å². The van der Waals surface area contributed by atoms with Crippen molar-refractivity contribution in [2.45, 2.75) is 0 Å². The highest BCUT2D eigenvalue weighted by atomic mass is 16.2. The lowest BCUT2D eigenvalue weighted by atomic mass is 10.2. The minimum atomic E-state index is -0.267. The molecule has 1 aromatic heterocycles. The zero-order chi connectivity index (χ0) is 10.8. The van der Waals surface area contributed by atoms with Crippen LogP contribution < -0.4 is 11.1 Å². The molecule has 7 nitrogen and oxygen atoms in total. The third kappa shape index (κ3) is 1.76. The van der Waals surface area contributed by atoms with Crippen LogP contribution >= 0.6 is 0 Å². The van der Waals surface area contributed by atoms with Gasteiger partial charge in [0.05, 0.1) is 12.7 Å². The van der Waals surface area contributed by atoms with E-state index in [1.165, 1.54) is 11.1 Å². The highest BCUT2D eigenvalue weighted by Gasteiger charge is 2.24. The van der Waals surface area contributed by atoms with Gasteiger partial charge >= 0.3 is 0 Å². The number of anilines is 1. The number of hydrogen-bond acceptors (Lipinski definition) is 4. The van der Waals surface area contributed by atoms with Gasteiger partial charge in [-0.2, -0.15) is 5.10 Å². The molecule has 1 aliphatic rings. The summed E-state index contributed by atoms with van der Waals surface area (Å²) in [6.45, 7) is 1.04. The van der Waals surface area contributed by atoms with Crippen LogP contribution in [0.2, 0.25) is 0 Å². The molecule has 0 bridgehead atoms. The first-order valence-electron chi connectivity index (χ1n) is 4.53. The van der Waals surface area contributed by atoms with Crippen molar-refractivity contribution in [3.8, 4) is 0 Å². The molecule has 0 saturated carbocycles. The Balaban J connectivity index is 2.14. The van der Waals surface area contributed by atoms with Gasteiger partial charge < -0.3 is 16.0 Å². The van der Waals surface area contributed by atoms with E-state index >= 15 is 0 Å². The first-order chi connectivity index (χ1) is 7.18. The molecule has 0 radical (unpaired) electrons. The molecule has 0 unspecified atom stereocenters. The van der Waals surface area contributed by atoms with Gasteiger partial charge in [-0.05, 0) is 0 Å². The van der Waals surface area contributed by atoms with Crippen molar-refractivity contribution in [2.24, 2.45) is 0 Å². The summed E-state index contributed by atoms with van der Waals surface area (Å²) in [4.78, 5) is 24.4. The molecule has 80 valence electrons. The van der Waals surface area contributed by atoms with Crippen LogP contribution in [0.5, 0.6) is 0 Å². The smallest absolute Gasteiger partial charge is 0.259 e. The number of carbonyl (C=O) groups excluding carboxylic acids is 2. The van der Waals surface area contributed by atoms with Gasteiger partial charge in [-0.3, -0.25) is 14.7 Å². The summed E-state index contributed by atoms with van der Waals surface area (Å²) in [5, 5.41) is 8.78. The molecular formula is C8H11N5O2. The number of nitrogens with zero attached hydrogens (tertiary/aromatic N) is 2. The van der Waals surface area contributed by atoms with E-state index in [2.05, 4.69) is 15.5 Å². The molecule has 2 rings (SSSR count). The van der Waals surface area contributed by atoms with Crippen LogP contribution in [0.3, 0.4) is 0 Å². The Hall–Kier alpha value is -2.05. The second-order valence-electron chi connectivity index (χ2n) is 3.27. The van der Waals surface area contributed by atoms with Crippen molar-refractivity contribution in [1.29, 1.82) is 0 Å². The van der Waals surface area contributed by atoms with E-state index in [0.717, 1.165) is 0 Å². The average Bonchev–Trinajstić information content (AvgIpc) is 2.63. The van der Waals surface area contributed by atoms with Crippen LogP contribution in [0.4, 0.5) is 5.82 Å². The number of aromatic nitrogens is 2. The lowest BCUT2D eigenvalue weighted by Crippen LogP contribution is -2.50. The quantitative estimate of drug-likeness (QED) is 0.527. The lowest BCUT2D eigenvalue weighted by Gasteiger charge is -2.26. The fourth-order valence-corrected chi connectivity index (χ4v) is 1.45. The number of H-pyrrole nitrogens is 1. The Labute approximate surface area is 85.6 Å². The Kier molecular flexibility index (Phi) is 2.28. The fourth-order valence-electron chi connectivity index (χ4n) is 1.45. The minimum Gasteiger partial charge on any atom is -0.383 e. The molecule has 1 aromatic rings. The van der Waals surface area contributed by atoms with Crippen molar-refractivity contribution in [1.82, 2.24) is 20.4 Å². The summed E-state index contributed by atoms with van der Waals surface area (Å²) in [5.41, 5.74) is 5.83. The number of rotatable bonds is 1. The van der Waals surface area contributed by atoms with Gasteiger partial charge in [0.25, 0.3) is 5.91 Å². The molecule has 0 atom stereocenters. The molecule has 1 fully saturated rings. The van der Waals surface area contributed by atoms with Crippen molar-refractivity contribution in [3.63, 3.8) is 0 Å². The van der Waals surface area contributed by atoms with Gasteiger partial charge in [0, 0.05) is 13.1 Å². The second kappa shape index (κ2) is 3.60. The van der Waals surface area contributed by atoms with Crippen LogP contribution in [0.15, 0.2) is 6.20 Å². The van der Waals surface area contributed by atoms with E-state index in [9.17, 15) is 9.59 Å². The van der Waals surface area contributed by atoms with Crippen molar-refractivity contribution in [2.75, 3.05) is 25.4 Å². The number of amides is 2. The number of piperazine rings is 1. The zero-order valence-electron chi connectivity index (χ0n) is 7.99. The SMILES string of the molecule is Nc1[nH]ncc1C(=O)N1CCNC(=O)C1. The van der Waals surface area contributed by atoms with Crippen LogP contribution in [0, 0.1) is 0 Å². The molecule has 7 heteroatoms. The summed E-state index contributed by atoms with van der Waals surface area (Å²) in [6.07, 6.45) is 1.37. The Morgan fingerprint density at radius 3 is 3.00 bits per heavy atom. The molecular weight excluding hydrogens is 198 g/mol. The maximum absolute atomic E-state index is 11.8. The van der Waals surface area contributed by atoms with E-state index in [4.69, 9.17) is 5.73 Å². The first-order valence-corrected chi connectivity index (χ1v) is 4.53. The molecule has 0 spiro atoms. The third-order valence-electron chi connectivity index (χ3n) is 2.22. The van der Waals surface area contributed by atoms with E-state index in [-0.39, 0.29) is 24.2 Å². The topological polar surface area (TPSA) is 104 Å². The van der Waals surface area contributed by atoms with Gasteiger partial charge in [0.2, 0.25) is 5.91 Å². The van der Waals surface area contributed by atoms with Gasteiger partial charge in [0.1, 0.15) is 11.4 Å². The summed E-state index contributed by atoms with van der Waals surface area (Å²) < 4.78 is 0. The number of hydrogen-bond donors (Lipinski definition) is 3. The van der Waals surface area contributed by atoms with Crippen molar-refractivity contribution in [3.05, 3.63) is 11.8 Å². The standard InChI is InChI=1S/C8H11N5O2/c9-7-5(3-11-12-7)8(15)13-2-1-10-6(14)4-13/h3H,1-2,4H2,(H,10,14)(H3,9,11,12). The highest BCUT2D eigenvalue weighted by molar-refractivity contribution is 6.00. The number of carbonyl (C=O) groups is 2. The van der Waals surface area contributed by atoms with Gasteiger partial charge in [-0.25, -0.2) is 0 Å². The fraction of sp³-hybridized carbons (Fsp3) is 0.375. The normalized spacial score (nSPS) is 16.3. The second-order valence-corrected chi connectivity index (χ2v) is 3.27. The number of nitrogen functional groups attached to an aromatic ring is 1. The maximum atomic E-state index is 11.8. The largest absolute Gasteiger partial charge is 0.383 e. The number of nitrogens with one attached hydrogen (secondary N) is 2. The summed E-state index contributed by atoms with van der Waals surface area (Å²) in [7, 11) is 0. The van der Waals surface area contributed by atoms with E-state index in [0.29, 0.717) is 18.7 Å². The van der Waals surface area contributed by atoms with Gasteiger partial charge in [-0.1, -0.05) is 0 Å². The van der Waals surface area contributed by atoms with Gasteiger partial charge in [0.15, 0.2) is 0 Å². The number of nitrogens with two attached hydrogens (primary N) is 1. The third-order valence-corrected chi connectivity index (χ3v) is 2.22. The highest BCUT2D eigenvalue weighted by Crippen LogP contribution is 2.10. The molecule has 2 amide bonds. The van der Waals surface area contributed by atoms with Crippen LogP contribution in [-0.4, -0.2) is 46.5 Å². The molecule has 1 saturated heterocycles. The first kappa shape index (κ1) is 9.50. The molecule has 2 heterocycles.